The lowest BCUT2D eigenvalue weighted by atomic mass is 9.89. The number of carbonyl (C=O) groups excluding carboxylic acids is 1. The molecule has 0 aliphatic carbocycles. The average Bonchev–Trinajstić information content (AvgIpc) is 2.65. The van der Waals surface area contributed by atoms with Gasteiger partial charge < -0.3 is 15.4 Å². The Kier molecular flexibility index (Phi) is 5.58. The van der Waals surface area contributed by atoms with E-state index in [0.29, 0.717) is 35.6 Å². The van der Waals surface area contributed by atoms with Crippen molar-refractivity contribution in [3.05, 3.63) is 52.7 Å². The molecule has 1 saturated heterocycles. The minimum Gasteiger partial charge on any atom is -0.435 e. The van der Waals surface area contributed by atoms with E-state index in [1.807, 2.05) is 6.92 Å². The second kappa shape index (κ2) is 7.90. The molecule has 2 aromatic rings. The van der Waals surface area contributed by atoms with E-state index in [-0.39, 0.29) is 17.6 Å². The SMILES string of the molecule is Cc1cnc(N)c(C)c1C(=O)N1CCCC(c2ccccc2OC(F)F)C1. The molecular formula is C20H23F2N3O2. The van der Waals surface area contributed by atoms with Crippen molar-refractivity contribution in [1.29, 1.82) is 0 Å². The summed E-state index contributed by atoms with van der Waals surface area (Å²) >= 11 is 0. The first-order valence-corrected chi connectivity index (χ1v) is 8.93. The number of pyridine rings is 1. The molecule has 1 amide bonds. The van der Waals surface area contributed by atoms with Crippen LogP contribution in [0.4, 0.5) is 14.6 Å². The Morgan fingerprint density at radius 1 is 1.33 bits per heavy atom. The van der Waals surface area contributed by atoms with Gasteiger partial charge in [-0.2, -0.15) is 8.78 Å². The Hall–Kier alpha value is -2.70. The Morgan fingerprint density at radius 3 is 2.81 bits per heavy atom. The standard InChI is InChI=1S/C20H23F2N3O2/c1-12-10-24-18(23)13(2)17(12)19(26)25-9-5-6-14(11-25)15-7-3-4-8-16(15)27-20(21)22/h3-4,7-8,10,14,20H,5-6,9,11H2,1-2H3,(H2,23,24). The molecule has 2 N–H and O–H groups in total. The lowest BCUT2D eigenvalue weighted by Gasteiger charge is -2.34. The van der Waals surface area contributed by atoms with Gasteiger partial charge in [-0.05, 0) is 43.9 Å². The minimum absolute atomic E-state index is 0.0579. The van der Waals surface area contributed by atoms with Gasteiger partial charge in [-0.25, -0.2) is 4.98 Å². The van der Waals surface area contributed by atoms with Gasteiger partial charge in [0.25, 0.3) is 5.91 Å². The van der Waals surface area contributed by atoms with Crippen molar-refractivity contribution in [3.8, 4) is 5.75 Å². The third-order valence-corrected chi connectivity index (χ3v) is 5.05. The molecule has 27 heavy (non-hydrogen) atoms. The number of rotatable bonds is 4. The molecule has 0 saturated carbocycles. The predicted molar refractivity (Wildman–Crippen MR) is 99.1 cm³/mol. The highest BCUT2D eigenvalue weighted by Crippen LogP contribution is 2.34. The fourth-order valence-electron chi connectivity index (χ4n) is 3.68. The molecule has 1 atom stereocenters. The van der Waals surface area contributed by atoms with E-state index < -0.39 is 6.61 Å². The summed E-state index contributed by atoms with van der Waals surface area (Å²) in [6.45, 7) is 1.81. The van der Waals surface area contributed by atoms with E-state index in [9.17, 15) is 13.6 Å². The molecule has 0 bridgehead atoms. The predicted octanol–water partition coefficient (Wildman–Crippen LogP) is 3.90. The number of hydrogen-bond acceptors (Lipinski definition) is 4. The van der Waals surface area contributed by atoms with Gasteiger partial charge in [-0.1, -0.05) is 18.2 Å². The maximum Gasteiger partial charge on any atom is 0.387 e. The molecule has 5 nitrogen and oxygen atoms in total. The van der Waals surface area contributed by atoms with Gasteiger partial charge in [0.2, 0.25) is 0 Å². The van der Waals surface area contributed by atoms with Gasteiger partial charge in [0, 0.05) is 30.8 Å². The number of alkyl halides is 2. The van der Waals surface area contributed by atoms with Gasteiger partial charge in [0.05, 0.1) is 5.56 Å². The van der Waals surface area contributed by atoms with Crippen LogP contribution in [-0.2, 0) is 0 Å². The van der Waals surface area contributed by atoms with Crippen molar-refractivity contribution in [2.45, 2.75) is 39.2 Å². The average molecular weight is 375 g/mol. The lowest BCUT2D eigenvalue weighted by molar-refractivity contribution is -0.0508. The van der Waals surface area contributed by atoms with Crippen LogP contribution in [0.1, 0.15) is 45.8 Å². The van der Waals surface area contributed by atoms with Crippen molar-refractivity contribution < 1.29 is 18.3 Å². The van der Waals surface area contributed by atoms with Crippen molar-refractivity contribution in [1.82, 2.24) is 9.88 Å². The topological polar surface area (TPSA) is 68.5 Å². The summed E-state index contributed by atoms with van der Waals surface area (Å²) in [4.78, 5) is 19.0. The number of aryl methyl sites for hydroxylation is 1. The number of carbonyl (C=O) groups is 1. The summed E-state index contributed by atoms with van der Waals surface area (Å²) in [5.74, 6) is 0.356. The third-order valence-electron chi connectivity index (χ3n) is 5.05. The third kappa shape index (κ3) is 4.02. The number of hydrogen-bond donors (Lipinski definition) is 1. The molecule has 1 aliphatic heterocycles. The molecule has 0 spiro atoms. The van der Waals surface area contributed by atoms with E-state index in [2.05, 4.69) is 9.72 Å². The fourth-order valence-corrected chi connectivity index (χ4v) is 3.68. The van der Waals surface area contributed by atoms with Crippen LogP contribution in [0, 0.1) is 13.8 Å². The monoisotopic (exact) mass is 375 g/mol. The summed E-state index contributed by atoms with van der Waals surface area (Å²) in [6.07, 6.45) is 3.20. The van der Waals surface area contributed by atoms with Gasteiger partial charge in [-0.3, -0.25) is 4.79 Å². The molecule has 7 heteroatoms. The molecule has 144 valence electrons. The number of anilines is 1. The zero-order chi connectivity index (χ0) is 19.6. The van der Waals surface area contributed by atoms with E-state index >= 15 is 0 Å². The Balaban J connectivity index is 1.85. The number of nitrogens with two attached hydrogens (primary N) is 1. The molecule has 1 aliphatic rings. The molecule has 0 radical (unpaired) electrons. The zero-order valence-electron chi connectivity index (χ0n) is 15.4. The van der Waals surface area contributed by atoms with Crippen molar-refractivity contribution in [3.63, 3.8) is 0 Å². The van der Waals surface area contributed by atoms with Crippen LogP contribution in [0.3, 0.4) is 0 Å². The van der Waals surface area contributed by atoms with Crippen LogP contribution in [0.5, 0.6) is 5.75 Å². The highest BCUT2D eigenvalue weighted by Gasteiger charge is 2.29. The number of amides is 1. The number of likely N-dealkylation sites (tertiary alicyclic amines) is 1. The summed E-state index contributed by atoms with van der Waals surface area (Å²) in [5, 5.41) is 0. The zero-order valence-corrected chi connectivity index (χ0v) is 15.4. The van der Waals surface area contributed by atoms with Gasteiger partial charge in [0.15, 0.2) is 0 Å². The summed E-state index contributed by atoms with van der Waals surface area (Å²) < 4.78 is 30.1. The summed E-state index contributed by atoms with van der Waals surface area (Å²) in [7, 11) is 0. The second-order valence-corrected chi connectivity index (χ2v) is 6.83. The van der Waals surface area contributed by atoms with Crippen molar-refractivity contribution >= 4 is 11.7 Å². The van der Waals surface area contributed by atoms with E-state index in [4.69, 9.17) is 5.73 Å². The van der Waals surface area contributed by atoms with Crippen LogP contribution in [0.25, 0.3) is 0 Å². The number of ether oxygens (including phenoxy) is 1. The van der Waals surface area contributed by atoms with E-state index in [0.717, 1.165) is 18.4 Å². The molecule has 1 unspecified atom stereocenters. The van der Waals surface area contributed by atoms with Crippen LogP contribution < -0.4 is 10.5 Å². The molecule has 3 rings (SSSR count). The minimum atomic E-state index is -2.88. The first-order chi connectivity index (χ1) is 12.9. The van der Waals surface area contributed by atoms with Crippen molar-refractivity contribution in [2.24, 2.45) is 0 Å². The number of aromatic nitrogens is 1. The smallest absolute Gasteiger partial charge is 0.387 e. The molecule has 2 heterocycles. The van der Waals surface area contributed by atoms with Gasteiger partial charge >= 0.3 is 6.61 Å². The van der Waals surface area contributed by atoms with E-state index in [1.165, 1.54) is 0 Å². The maximum absolute atomic E-state index is 13.1. The highest BCUT2D eigenvalue weighted by atomic mass is 19.3. The number of nitrogens with zero attached hydrogens (tertiary/aromatic N) is 2. The highest BCUT2D eigenvalue weighted by molar-refractivity contribution is 5.98. The van der Waals surface area contributed by atoms with E-state index in [1.54, 1.807) is 42.3 Å². The van der Waals surface area contributed by atoms with Crippen LogP contribution in [-0.4, -0.2) is 35.5 Å². The lowest BCUT2D eigenvalue weighted by Crippen LogP contribution is -2.40. The number of benzene rings is 1. The van der Waals surface area contributed by atoms with Crippen molar-refractivity contribution in [2.75, 3.05) is 18.8 Å². The summed E-state index contributed by atoms with van der Waals surface area (Å²) in [6, 6.07) is 6.79. The molecule has 1 aromatic heterocycles. The fraction of sp³-hybridized carbons (Fsp3) is 0.400. The normalized spacial score (nSPS) is 17.2. The van der Waals surface area contributed by atoms with Crippen LogP contribution in [0.15, 0.2) is 30.5 Å². The number of para-hydroxylation sites is 1. The Bertz CT molecular complexity index is 842. The first kappa shape index (κ1) is 19.1. The second-order valence-electron chi connectivity index (χ2n) is 6.83. The van der Waals surface area contributed by atoms with Gasteiger partial charge in [-0.15, -0.1) is 0 Å². The first-order valence-electron chi connectivity index (χ1n) is 8.93. The Labute approximate surface area is 157 Å². The number of halogens is 2. The Morgan fingerprint density at radius 2 is 2.07 bits per heavy atom. The largest absolute Gasteiger partial charge is 0.435 e. The molecular weight excluding hydrogens is 352 g/mol. The maximum atomic E-state index is 13.1. The van der Waals surface area contributed by atoms with Crippen LogP contribution in [0.2, 0.25) is 0 Å². The number of nitrogen functional groups attached to an aromatic ring is 1. The number of piperidine rings is 1. The van der Waals surface area contributed by atoms with Gasteiger partial charge in [0.1, 0.15) is 11.6 Å². The van der Waals surface area contributed by atoms with Crippen LogP contribution >= 0.6 is 0 Å². The summed E-state index contributed by atoms with van der Waals surface area (Å²) in [5.41, 5.74) is 8.59. The molecule has 1 aromatic carbocycles. The molecule has 1 fully saturated rings. The quantitative estimate of drug-likeness (QED) is 0.880.